The molecule has 410 valence electrons. The van der Waals surface area contributed by atoms with Gasteiger partial charge in [0.2, 0.25) is 0 Å². The number of nitrogens with zero attached hydrogens (tertiary/aromatic N) is 2. The van der Waals surface area contributed by atoms with Crippen LogP contribution in [0.25, 0.3) is 99.5 Å². The lowest BCUT2D eigenvalue weighted by Gasteiger charge is -2.25. The summed E-state index contributed by atoms with van der Waals surface area (Å²) in [6, 6.07) is 60.2. The number of benzene rings is 9. The van der Waals surface area contributed by atoms with E-state index >= 15 is 0 Å². The van der Waals surface area contributed by atoms with Gasteiger partial charge in [-0.2, -0.15) is 0 Å². The third-order valence-corrected chi connectivity index (χ3v) is 21.5. The summed E-state index contributed by atoms with van der Waals surface area (Å²) in [5.74, 6) is 0. The van der Waals surface area contributed by atoms with Gasteiger partial charge >= 0.3 is 0 Å². The first-order valence-electron chi connectivity index (χ1n) is 28.3. The van der Waals surface area contributed by atoms with Crippen LogP contribution in [0.4, 0.5) is 0 Å². The molecule has 2 aromatic heterocycles. The minimum absolute atomic E-state index is 0.215. The Morgan fingerprint density at radius 2 is 0.573 bits per heavy atom. The van der Waals surface area contributed by atoms with E-state index in [1.807, 2.05) is 0 Å². The minimum atomic E-state index is 0.215. The van der Waals surface area contributed by atoms with E-state index in [1.165, 1.54) is 155 Å². The molecule has 11 aromatic rings. The van der Waals surface area contributed by atoms with Gasteiger partial charge in [-0.05, 0) is 166 Å². The summed E-state index contributed by atoms with van der Waals surface area (Å²) in [6.07, 6.45) is 0. The summed E-state index contributed by atoms with van der Waals surface area (Å²) in [6.45, 7) is 17.3. The van der Waals surface area contributed by atoms with E-state index in [-0.39, 0.29) is 21.5 Å². The molecule has 0 saturated carbocycles. The zero-order valence-electron chi connectivity index (χ0n) is 46.7. The SMILES string of the molecule is Cc1c(-c2ccc(C3NCNS3)cc2)c(C)c(-n2c3ccccc3c3c4c5ccccc5n(-c5c(C)c(-c6ccc(C7NCNS7)cc6)c(C)c(-c6ccc(C7NCNS7)cc6)c5C)c4ccc32)c(C)c1-c1ccc(C2NCNS2)cc1. The Labute approximate surface area is 496 Å². The van der Waals surface area contributed by atoms with Crippen LogP contribution in [0.5, 0.6) is 0 Å². The van der Waals surface area contributed by atoms with Gasteiger partial charge in [0.1, 0.15) is 0 Å². The Kier molecular flexibility index (Phi) is 13.7. The van der Waals surface area contributed by atoms with Crippen molar-refractivity contribution >= 4 is 91.4 Å². The Bertz CT molecular complexity index is 3850. The third kappa shape index (κ3) is 8.60. The molecule has 10 nitrogen and oxygen atoms in total. The largest absolute Gasteiger partial charge is 0.309 e. The van der Waals surface area contributed by atoms with Crippen molar-refractivity contribution in [1.82, 2.24) is 49.3 Å². The van der Waals surface area contributed by atoms with Crippen molar-refractivity contribution in [2.75, 3.05) is 26.7 Å². The maximum atomic E-state index is 3.59. The number of fused-ring (bicyclic) bond motifs is 7. The molecular weight excluding hydrogens is 1090 g/mol. The number of hydrogen-bond acceptors (Lipinski definition) is 12. The number of para-hydroxylation sites is 2. The fourth-order valence-electron chi connectivity index (χ4n) is 14.1. The van der Waals surface area contributed by atoms with Crippen LogP contribution in [0, 0.1) is 41.5 Å². The van der Waals surface area contributed by atoms with E-state index in [0.29, 0.717) is 0 Å². The first-order valence-corrected chi connectivity index (χ1v) is 31.9. The molecule has 4 fully saturated rings. The monoisotopic (exact) mass is 1150 g/mol. The molecule has 82 heavy (non-hydrogen) atoms. The van der Waals surface area contributed by atoms with Gasteiger partial charge in [0.25, 0.3) is 0 Å². The van der Waals surface area contributed by atoms with Crippen LogP contribution in [-0.2, 0) is 0 Å². The molecule has 9 aromatic carbocycles. The van der Waals surface area contributed by atoms with Gasteiger partial charge in [-0.25, -0.2) is 18.9 Å². The highest BCUT2D eigenvalue weighted by molar-refractivity contribution is 7.98. The molecule has 6 heterocycles. The van der Waals surface area contributed by atoms with Crippen LogP contribution in [0.15, 0.2) is 158 Å². The lowest BCUT2D eigenvalue weighted by atomic mass is 9.84. The maximum absolute atomic E-state index is 3.59. The molecule has 0 amide bonds. The topological polar surface area (TPSA) is 106 Å². The number of hydrogen-bond donors (Lipinski definition) is 8. The van der Waals surface area contributed by atoms with Crippen molar-refractivity contribution in [3.05, 3.63) is 213 Å². The molecule has 8 N–H and O–H groups in total. The normalized spacial score (nSPS) is 19.3. The third-order valence-electron chi connectivity index (χ3n) is 17.6. The standard InChI is InChI=1S/C68H64N10S4/c1-37-57(43-15-23-47(24-16-43)65-69-33-73-79-65)39(3)63(40(4)58(37)44-17-25-48(26-18-44)66-70-34-74-80-66)77-53-13-9-7-11-51(53)61-55(77)31-32-56-62(61)52-12-8-10-14-54(52)78(56)64-41(5)59(45-19-27-49(28-20-45)67-71-35-75-81-67)38(2)60(42(64)6)46-21-29-50(30-22-46)68-72-36-76-82-68/h7-32,65-76H,33-36H2,1-6H3. The Balaban J connectivity index is 0.974. The van der Waals surface area contributed by atoms with Crippen LogP contribution < -0.4 is 40.2 Å². The Morgan fingerprint density at radius 1 is 0.305 bits per heavy atom. The van der Waals surface area contributed by atoms with E-state index in [4.69, 9.17) is 0 Å². The van der Waals surface area contributed by atoms with E-state index in [0.717, 1.165) is 26.7 Å². The number of rotatable bonds is 10. The second-order valence-electron chi connectivity index (χ2n) is 22.1. The number of nitrogens with one attached hydrogen (secondary N) is 8. The second-order valence-corrected chi connectivity index (χ2v) is 26.1. The summed E-state index contributed by atoms with van der Waals surface area (Å²) in [5.41, 5.74) is 29.9. The van der Waals surface area contributed by atoms with Crippen molar-refractivity contribution in [3.8, 4) is 55.9 Å². The molecular formula is C68H64N10S4. The first-order chi connectivity index (χ1) is 40.2. The highest BCUT2D eigenvalue weighted by atomic mass is 32.2. The van der Waals surface area contributed by atoms with Crippen LogP contribution in [-0.4, -0.2) is 35.8 Å². The first kappa shape index (κ1) is 52.5. The summed E-state index contributed by atoms with van der Waals surface area (Å²) in [5, 5.41) is 20.2. The Morgan fingerprint density at radius 3 is 0.829 bits per heavy atom. The van der Waals surface area contributed by atoms with Crippen molar-refractivity contribution < 1.29 is 0 Å². The van der Waals surface area contributed by atoms with Crippen LogP contribution >= 0.6 is 47.8 Å². The maximum Gasteiger partial charge on any atom is 0.0945 e. The molecule has 4 aliphatic heterocycles. The molecule has 0 bridgehead atoms. The molecule has 0 aliphatic carbocycles. The highest BCUT2D eigenvalue weighted by Gasteiger charge is 2.30. The van der Waals surface area contributed by atoms with Crippen molar-refractivity contribution in [2.45, 2.75) is 63.0 Å². The van der Waals surface area contributed by atoms with E-state index in [1.54, 1.807) is 47.8 Å². The van der Waals surface area contributed by atoms with Gasteiger partial charge in [0.15, 0.2) is 0 Å². The van der Waals surface area contributed by atoms with E-state index < -0.39 is 0 Å². The lowest BCUT2D eigenvalue weighted by Crippen LogP contribution is -2.14. The molecule has 15 rings (SSSR count). The summed E-state index contributed by atoms with van der Waals surface area (Å²) < 4.78 is 18.8. The summed E-state index contributed by atoms with van der Waals surface area (Å²) >= 11 is 6.98. The predicted octanol–water partition coefficient (Wildman–Crippen LogP) is 15.6. The van der Waals surface area contributed by atoms with Crippen molar-refractivity contribution in [2.24, 2.45) is 0 Å². The fraction of sp³-hybridized carbons (Fsp3) is 0.206. The van der Waals surface area contributed by atoms with Crippen LogP contribution in [0.2, 0.25) is 0 Å². The van der Waals surface area contributed by atoms with Crippen LogP contribution in [0.3, 0.4) is 0 Å². The zero-order chi connectivity index (χ0) is 55.3. The van der Waals surface area contributed by atoms with Gasteiger partial charge in [-0.3, -0.25) is 21.3 Å². The average Bonchev–Trinajstić information content (AvgIpc) is 3.38. The quantitative estimate of drug-likeness (QED) is 0.0625. The average molecular weight is 1150 g/mol. The molecule has 14 heteroatoms. The van der Waals surface area contributed by atoms with Gasteiger partial charge in [0, 0.05) is 21.5 Å². The molecule has 4 aliphatic rings. The van der Waals surface area contributed by atoms with Crippen LogP contribution in [0.1, 0.15) is 77.1 Å². The summed E-state index contributed by atoms with van der Waals surface area (Å²) in [4.78, 5) is 0. The second kappa shape index (κ2) is 21.4. The van der Waals surface area contributed by atoms with Crippen molar-refractivity contribution in [1.29, 1.82) is 0 Å². The van der Waals surface area contributed by atoms with Gasteiger partial charge < -0.3 is 9.13 Å². The molecule has 4 atom stereocenters. The van der Waals surface area contributed by atoms with Gasteiger partial charge in [-0.1, -0.05) is 181 Å². The molecule has 0 spiro atoms. The van der Waals surface area contributed by atoms with E-state index in [2.05, 4.69) is 249 Å². The molecule has 4 unspecified atom stereocenters. The van der Waals surface area contributed by atoms with Crippen molar-refractivity contribution in [3.63, 3.8) is 0 Å². The zero-order valence-corrected chi connectivity index (χ0v) is 49.9. The Hall–Kier alpha value is -6.34. The summed E-state index contributed by atoms with van der Waals surface area (Å²) in [7, 11) is 0. The highest BCUT2D eigenvalue weighted by Crippen LogP contribution is 2.50. The molecule has 4 saturated heterocycles. The van der Waals surface area contributed by atoms with Gasteiger partial charge in [0.05, 0.1) is 81.6 Å². The fourth-order valence-corrected chi connectivity index (χ4v) is 17.2. The predicted molar refractivity (Wildman–Crippen MR) is 351 cm³/mol. The number of aromatic nitrogens is 2. The smallest absolute Gasteiger partial charge is 0.0945 e. The molecule has 0 radical (unpaired) electrons. The van der Waals surface area contributed by atoms with Gasteiger partial charge in [-0.15, -0.1) is 0 Å². The lowest BCUT2D eigenvalue weighted by molar-refractivity contribution is 0.718. The minimum Gasteiger partial charge on any atom is -0.309 e. The van der Waals surface area contributed by atoms with E-state index in [9.17, 15) is 0 Å².